The molecule has 100 valence electrons. The minimum Gasteiger partial charge on any atom is -0.506 e. The van der Waals surface area contributed by atoms with E-state index in [2.05, 4.69) is 5.32 Å². The van der Waals surface area contributed by atoms with Crippen LogP contribution in [0.5, 0.6) is 5.75 Å². The zero-order valence-electron chi connectivity index (χ0n) is 10.8. The van der Waals surface area contributed by atoms with Crippen molar-refractivity contribution >= 4 is 28.4 Å². The number of aromatic hydroxyl groups is 1. The maximum atomic E-state index is 12.0. The average molecular weight is 275 g/mol. The molecule has 0 atom stereocenters. The van der Waals surface area contributed by atoms with Crippen molar-refractivity contribution in [1.82, 2.24) is 5.32 Å². The minimum absolute atomic E-state index is 0.0560. The number of thioether (sulfide) groups is 1. The molecule has 0 spiro atoms. The van der Waals surface area contributed by atoms with E-state index in [1.807, 2.05) is 36.6 Å². The SMILES string of the molecule is CSCCCNC(=O)c1ccc2ccccc2c1O. The lowest BCUT2D eigenvalue weighted by atomic mass is 10.0. The fraction of sp³-hybridized carbons (Fsp3) is 0.267. The highest BCUT2D eigenvalue weighted by Gasteiger charge is 2.12. The van der Waals surface area contributed by atoms with Gasteiger partial charge < -0.3 is 10.4 Å². The second-order valence-electron chi connectivity index (χ2n) is 4.29. The lowest BCUT2D eigenvalue weighted by Crippen LogP contribution is -2.24. The molecular weight excluding hydrogens is 258 g/mol. The van der Waals surface area contributed by atoms with Crippen LogP contribution in [0.4, 0.5) is 0 Å². The fourth-order valence-electron chi connectivity index (χ4n) is 1.95. The van der Waals surface area contributed by atoms with E-state index in [-0.39, 0.29) is 11.7 Å². The number of phenols is 1. The first kappa shape index (κ1) is 13.7. The summed E-state index contributed by atoms with van der Waals surface area (Å²) in [5.41, 5.74) is 0.336. The van der Waals surface area contributed by atoms with Crippen LogP contribution in [0.15, 0.2) is 36.4 Å². The summed E-state index contributed by atoms with van der Waals surface area (Å²) in [5.74, 6) is 0.856. The molecule has 0 aliphatic heterocycles. The van der Waals surface area contributed by atoms with Gasteiger partial charge in [0.2, 0.25) is 0 Å². The molecule has 0 bridgehead atoms. The van der Waals surface area contributed by atoms with Gasteiger partial charge in [-0.2, -0.15) is 11.8 Å². The molecule has 2 aromatic carbocycles. The fourth-order valence-corrected chi connectivity index (χ4v) is 2.39. The van der Waals surface area contributed by atoms with E-state index >= 15 is 0 Å². The number of amides is 1. The van der Waals surface area contributed by atoms with Gasteiger partial charge in [0.25, 0.3) is 5.91 Å². The van der Waals surface area contributed by atoms with Crippen molar-refractivity contribution < 1.29 is 9.90 Å². The Balaban J connectivity index is 2.16. The summed E-state index contributed by atoms with van der Waals surface area (Å²) in [5, 5.41) is 14.6. The first-order chi connectivity index (χ1) is 9.24. The molecule has 1 amide bonds. The third kappa shape index (κ3) is 3.20. The summed E-state index contributed by atoms with van der Waals surface area (Å²) < 4.78 is 0. The Hall–Kier alpha value is -1.68. The average Bonchev–Trinajstić information content (AvgIpc) is 2.44. The van der Waals surface area contributed by atoms with Crippen molar-refractivity contribution in [2.75, 3.05) is 18.6 Å². The molecule has 0 saturated heterocycles. The summed E-state index contributed by atoms with van der Waals surface area (Å²) in [6, 6.07) is 11.0. The van der Waals surface area contributed by atoms with Crippen molar-refractivity contribution in [2.24, 2.45) is 0 Å². The number of hydrogen-bond acceptors (Lipinski definition) is 3. The molecule has 4 heteroatoms. The number of nitrogens with one attached hydrogen (secondary N) is 1. The smallest absolute Gasteiger partial charge is 0.255 e. The molecule has 2 N–H and O–H groups in total. The number of fused-ring (bicyclic) bond motifs is 1. The maximum absolute atomic E-state index is 12.0. The van der Waals surface area contributed by atoms with E-state index in [0.717, 1.165) is 17.6 Å². The van der Waals surface area contributed by atoms with Gasteiger partial charge >= 0.3 is 0 Å². The summed E-state index contributed by atoms with van der Waals surface area (Å²) in [6.07, 6.45) is 2.97. The molecule has 2 rings (SSSR count). The third-order valence-corrected chi connectivity index (χ3v) is 3.65. The Morgan fingerprint density at radius 2 is 2.05 bits per heavy atom. The quantitative estimate of drug-likeness (QED) is 0.825. The highest BCUT2D eigenvalue weighted by Crippen LogP contribution is 2.28. The molecule has 0 radical (unpaired) electrons. The molecule has 2 aromatic rings. The minimum atomic E-state index is -0.218. The number of hydrogen-bond donors (Lipinski definition) is 2. The standard InChI is InChI=1S/C15H17NO2S/c1-19-10-4-9-16-15(18)13-8-7-11-5-2-3-6-12(11)14(13)17/h2-3,5-8,17H,4,9-10H2,1H3,(H,16,18). The molecule has 0 aromatic heterocycles. The van der Waals surface area contributed by atoms with Crippen LogP contribution in [-0.4, -0.2) is 29.6 Å². The predicted molar refractivity (Wildman–Crippen MR) is 80.9 cm³/mol. The van der Waals surface area contributed by atoms with Gasteiger partial charge in [-0.15, -0.1) is 0 Å². The predicted octanol–water partition coefficient (Wildman–Crippen LogP) is 3.03. The molecule has 0 aliphatic carbocycles. The van der Waals surface area contributed by atoms with Gasteiger partial charge in [0.1, 0.15) is 5.75 Å². The van der Waals surface area contributed by atoms with Crippen LogP contribution in [0.2, 0.25) is 0 Å². The second kappa shape index (κ2) is 6.48. The normalized spacial score (nSPS) is 10.6. The van der Waals surface area contributed by atoms with E-state index in [1.165, 1.54) is 0 Å². The van der Waals surface area contributed by atoms with Crippen molar-refractivity contribution in [3.8, 4) is 5.75 Å². The summed E-state index contributed by atoms with van der Waals surface area (Å²) >= 11 is 1.75. The van der Waals surface area contributed by atoms with Crippen molar-refractivity contribution in [3.05, 3.63) is 42.0 Å². The van der Waals surface area contributed by atoms with Crippen LogP contribution >= 0.6 is 11.8 Å². The van der Waals surface area contributed by atoms with Crippen LogP contribution < -0.4 is 5.32 Å². The van der Waals surface area contributed by atoms with Gasteiger partial charge in [0.15, 0.2) is 0 Å². The molecule has 0 fully saturated rings. The third-order valence-electron chi connectivity index (χ3n) is 2.96. The number of phenolic OH excluding ortho intramolecular Hbond substituents is 1. The van der Waals surface area contributed by atoms with E-state index < -0.39 is 0 Å². The largest absolute Gasteiger partial charge is 0.506 e. The molecule has 0 heterocycles. The Labute approximate surface area is 117 Å². The maximum Gasteiger partial charge on any atom is 0.255 e. The van der Waals surface area contributed by atoms with E-state index in [4.69, 9.17) is 0 Å². The van der Waals surface area contributed by atoms with Crippen LogP contribution in [0.25, 0.3) is 10.8 Å². The van der Waals surface area contributed by atoms with Gasteiger partial charge in [-0.1, -0.05) is 30.3 Å². The van der Waals surface area contributed by atoms with Crippen molar-refractivity contribution in [3.63, 3.8) is 0 Å². The van der Waals surface area contributed by atoms with E-state index in [1.54, 1.807) is 17.8 Å². The number of rotatable bonds is 5. The van der Waals surface area contributed by atoms with Gasteiger partial charge in [-0.05, 0) is 29.9 Å². The molecule has 19 heavy (non-hydrogen) atoms. The summed E-state index contributed by atoms with van der Waals surface area (Å²) in [6.45, 7) is 0.631. The summed E-state index contributed by atoms with van der Waals surface area (Å²) in [4.78, 5) is 12.0. The topological polar surface area (TPSA) is 49.3 Å². The monoisotopic (exact) mass is 275 g/mol. The Morgan fingerprint density at radius 1 is 1.26 bits per heavy atom. The molecule has 0 aliphatic rings. The molecule has 3 nitrogen and oxygen atoms in total. The Morgan fingerprint density at radius 3 is 2.84 bits per heavy atom. The highest BCUT2D eigenvalue weighted by atomic mass is 32.2. The molecular formula is C15H17NO2S. The number of benzene rings is 2. The number of carbonyl (C=O) groups is 1. The van der Waals surface area contributed by atoms with E-state index in [9.17, 15) is 9.90 Å². The Bertz CT molecular complexity index is 583. The van der Waals surface area contributed by atoms with Crippen molar-refractivity contribution in [1.29, 1.82) is 0 Å². The van der Waals surface area contributed by atoms with E-state index in [0.29, 0.717) is 17.5 Å². The van der Waals surface area contributed by atoms with Crippen LogP contribution in [-0.2, 0) is 0 Å². The zero-order valence-corrected chi connectivity index (χ0v) is 11.7. The van der Waals surface area contributed by atoms with Gasteiger partial charge in [-0.3, -0.25) is 4.79 Å². The lowest BCUT2D eigenvalue weighted by Gasteiger charge is -2.08. The van der Waals surface area contributed by atoms with Crippen LogP contribution in [0, 0.1) is 0 Å². The summed E-state index contributed by atoms with van der Waals surface area (Å²) in [7, 11) is 0. The van der Waals surface area contributed by atoms with Crippen LogP contribution in [0.3, 0.4) is 0 Å². The first-order valence-corrected chi connectivity index (χ1v) is 7.61. The second-order valence-corrected chi connectivity index (χ2v) is 5.27. The molecule has 0 unspecified atom stereocenters. The van der Waals surface area contributed by atoms with Gasteiger partial charge in [0, 0.05) is 11.9 Å². The lowest BCUT2D eigenvalue weighted by molar-refractivity contribution is 0.0951. The number of carbonyl (C=O) groups excluding carboxylic acids is 1. The van der Waals surface area contributed by atoms with Crippen molar-refractivity contribution in [2.45, 2.75) is 6.42 Å². The molecule has 0 saturated carbocycles. The first-order valence-electron chi connectivity index (χ1n) is 6.22. The van der Waals surface area contributed by atoms with Crippen LogP contribution in [0.1, 0.15) is 16.8 Å². The Kier molecular flexibility index (Phi) is 4.68. The highest BCUT2D eigenvalue weighted by molar-refractivity contribution is 7.98. The van der Waals surface area contributed by atoms with Gasteiger partial charge in [-0.25, -0.2) is 0 Å². The zero-order chi connectivity index (χ0) is 13.7. The van der Waals surface area contributed by atoms with Gasteiger partial charge in [0.05, 0.1) is 5.56 Å².